The van der Waals surface area contributed by atoms with Gasteiger partial charge in [0.1, 0.15) is 5.76 Å². The first kappa shape index (κ1) is 9.26. The van der Waals surface area contributed by atoms with Gasteiger partial charge in [-0.2, -0.15) is 0 Å². The molecule has 68 valence electrons. The van der Waals surface area contributed by atoms with Crippen LogP contribution in [0.25, 0.3) is 0 Å². The van der Waals surface area contributed by atoms with Crippen LogP contribution in [0.2, 0.25) is 0 Å². The maximum Gasteiger partial charge on any atom is 0.142 e. The monoisotopic (exact) mass is 168 g/mol. The molecule has 0 atom stereocenters. The zero-order valence-corrected chi connectivity index (χ0v) is 8.00. The van der Waals surface area contributed by atoms with Gasteiger partial charge in [-0.15, -0.1) is 0 Å². The second-order valence-corrected chi connectivity index (χ2v) is 2.76. The van der Waals surface area contributed by atoms with Gasteiger partial charge in [-0.05, 0) is 7.05 Å². The molecule has 1 aliphatic rings. The third kappa shape index (κ3) is 1.85. The normalized spacial score (nSPS) is 16.2. The number of hydrogen-bond acceptors (Lipinski definition) is 3. The van der Waals surface area contributed by atoms with Crippen LogP contribution < -0.4 is 0 Å². The van der Waals surface area contributed by atoms with Crippen LogP contribution in [0.5, 0.6) is 0 Å². The van der Waals surface area contributed by atoms with Crippen LogP contribution in [0.1, 0.15) is 25.2 Å². The minimum atomic E-state index is 0.985. The number of rotatable bonds is 0. The molecule has 0 amide bonds. The average Bonchev–Trinajstić information content (AvgIpc) is 2.54. The van der Waals surface area contributed by atoms with E-state index in [1.165, 1.54) is 5.56 Å². The van der Waals surface area contributed by atoms with Crippen molar-refractivity contribution in [3.8, 4) is 0 Å². The van der Waals surface area contributed by atoms with Gasteiger partial charge in [0, 0.05) is 25.1 Å². The lowest BCUT2D eigenvalue weighted by Crippen LogP contribution is -2.25. The van der Waals surface area contributed by atoms with E-state index in [2.05, 4.69) is 17.1 Å². The highest BCUT2D eigenvalue weighted by molar-refractivity contribution is 5.15. The molecule has 0 saturated heterocycles. The van der Waals surface area contributed by atoms with Crippen LogP contribution >= 0.6 is 0 Å². The van der Waals surface area contributed by atoms with Crippen molar-refractivity contribution in [2.75, 3.05) is 13.6 Å². The lowest BCUT2D eigenvalue weighted by molar-refractivity contribution is 0.281. The van der Waals surface area contributed by atoms with Crippen molar-refractivity contribution in [1.82, 2.24) is 10.1 Å². The van der Waals surface area contributed by atoms with E-state index in [1.54, 1.807) is 0 Å². The molecule has 0 bridgehead atoms. The Morgan fingerprint density at radius 3 is 3.00 bits per heavy atom. The highest BCUT2D eigenvalue weighted by atomic mass is 16.5. The molecule has 1 aromatic rings. The summed E-state index contributed by atoms with van der Waals surface area (Å²) in [5.74, 6) is 1.07. The second-order valence-electron chi connectivity index (χ2n) is 2.76. The Labute approximate surface area is 73.3 Å². The van der Waals surface area contributed by atoms with Crippen LogP contribution in [0.3, 0.4) is 0 Å². The van der Waals surface area contributed by atoms with Crippen molar-refractivity contribution < 1.29 is 4.52 Å². The Bertz CT molecular complexity index is 232. The second kappa shape index (κ2) is 4.26. The molecule has 2 heterocycles. The topological polar surface area (TPSA) is 29.3 Å². The molecule has 0 saturated carbocycles. The molecule has 0 N–H and O–H groups in total. The molecule has 0 unspecified atom stereocenters. The molecule has 0 radical (unpaired) electrons. The molecule has 1 aromatic heterocycles. The Hall–Kier alpha value is -0.830. The maximum atomic E-state index is 5.03. The van der Waals surface area contributed by atoms with Gasteiger partial charge >= 0.3 is 0 Å². The number of likely N-dealkylation sites (N-methyl/N-ethyl adjacent to an activating group) is 1. The van der Waals surface area contributed by atoms with Gasteiger partial charge in [0.15, 0.2) is 0 Å². The largest absolute Gasteiger partial charge is 0.361 e. The lowest BCUT2D eigenvalue weighted by atomic mass is 10.1. The van der Waals surface area contributed by atoms with Gasteiger partial charge < -0.3 is 9.42 Å². The molecule has 12 heavy (non-hydrogen) atoms. The fourth-order valence-electron chi connectivity index (χ4n) is 1.28. The summed E-state index contributed by atoms with van der Waals surface area (Å²) in [6.45, 7) is 6.07. The summed E-state index contributed by atoms with van der Waals surface area (Å²) < 4.78 is 5.03. The number of nitrogens with zero attached hydrogens (tertiary/aromatic N) is 2. The molecule has 0 aromatic carbocycles. The van der Waals surface area contributed by atoms with Crippen molar-refractivity contribution in [3.05, 3.63) is 17.5 Å². The maximum absolute atomic E-state index is 5.03. The Morgan fingerprint density at radius 2 is 2.25 bits per heavy atom. The Balaban J connectivity index is 0.000000336. The molecule has 1 aliphatic heterocycles. The van der Waals surface area contributed by atoms with Gasteiger partial charge in [-0.25, -0.2) is 0 Å². The predicted molar refractivity (Wildman–Crippen MR) is 47.9 cm³/mol. The zero-order chi connectivity index (χ0) is 8.97. The molecule has 3 heteroatoms. The summed E-state index contributed by atoms with van der Waals surface area (Å²) in [6, 6.07) is 0. The van der Waals surface area contributed by atoms with E-state index < -0.39 is 0 Å². The Morgan fingerprint density at radius 1 is 1.50 bits per heavy atom. The first-order chi connectivity index (χ1) is 5.86. The number of hydrogen-bond donors (Lipinski definition) is 0. The fraction of sp³-hybridized carbons (Fsp3) is 0.667. The van der Waals surface area contributed by atoms with E-state index in [0.717, 1.165) is 25.3 Å². The predicted octanol–water partition coefficient (Wildman–Crippen LogP) is 1.69. The molecule has 2 rings (SSSR count). The van der Waals surface area contributed by atoms with Gasteiger partial charge in [-0.1, -0.05) is 19.0 Å². The van der Waals surface area contributed by atoms with E-state index in [9.17, 15) is 0 Å². The Kier molecular flexibility index (Phi) is 3.29. The quantitative estimate of drug-likeness (QED) is 0.590. The van der Waals surface area contributed by atoms with Crippen molar-refractivity contribution >= 4 is 0 Å². The molecule has 0 fully saturated rings. The van der Waals surface area contributed by atoms with Crippen LogP contribution in [0.4, 0.5) is 0 Å². The first-order valence-electron chi connectivity index (χ1n) is 4.47. The summed E-state index contributed by atoms with van der Waals surface area (Å²) in [6.07, 6.45) is 2.82. The standard InChI is InChI=1S/C7H10N2O.C2H6/c1-9-3-2-7-6(5-9)4-8-10-7;1-2/h4H,2-3,5H2,1H3;1-2H3. The van der Waals surface area contributed by atoms with Gasteiger partial charge in [-0.3, -0.25) is 0 Å². The van der Waals surface area contributed by atoms with E-state index in [0.29, 0.717) is 0 Å². The minimum Gasteiger partial charge on any atom is -0.361 e. The fourth-order valence-corrected chi connectivity index (χ4v) is 1.28. The van der Waals surface area contributed by atoms with E-state index in [1.807, 2.05) is 20.0 Å². The van der Waals surface area contributed by atoms with Crippen molar-refractivity contribution in [2.24, 2.45) is 0 Å². The van der Waals surface area contributed by atoms with Gasteiger partial charge in [0.25, 0.3) is 0 Å². The summed E-state index contributed by atoms with van der Waals surface area (Å²) in [7, 11) is 2.11. The van der Waals surface area contributed by atoms with E-state index in [-0.39, 0.29) is 0 Å². The molecule has 0 spiro atoms. The van der Waals surface area contributed by atoms with Crippen LogP contribution in [-0.4, -0.2) is 23.6 Å². The number of aromatic nitrogens is 1. The van der Waals surface area contributed by atoms with Crippen LogP contribution in [0, 0.1) is 0 Å². The summed E-state index contributed by atoms with van der Waals surface area (Å²) in [4.78, 5) is 2.26. The summed E-state index contributed by atoms with van der Waals surface area (Å²) in [5.41, 5.74) is 1.24. The van der Waals surface area contributed by atoms with E-state index >= 15 is 0 Å². The highest BCUT2D eigenvalue weighted by Gasteiger charge is 2.15. The highest BCUT2D eigenvalue weighted by Crippen LogP contribution is 2.15. The SMILES string of the molecule is CC.CN1CCc2oncc2C1. The van der Waals surface area contributed by atoms with Crippen LogP contribution in [0.15, 0.2) is 10.7 Å². The summed E-state index contributed by atoms with van der Waals surface area (Å²) >= 11 is 0. The van der Waals surface area contributed by atoms with Crippen LogP contribution in [-0.2, 0) is 13.0 Å². The molecule has 0 aliphatic carbocycles. The summed E-state index contributed by atoms with van der Waals surface area (Å²) in [5, 5.41) is 3.74. The lowest BCUT2D eigenvalue weighted by Gasteiger charge is -2.19. The number of fused-ring (bicyclic) bond motifs is 1. The zero-order valence-electron chi connectivity index (χ0n) is 8.00. The van der Waals surface area contributed by atoms with E-state index in [4.69, 9.17) is 4.52 Å². The third-order valence-electron chi connectivity index (χ3n) is 1.89. The van der Waals surface area contributed by atoms with Gasteiger partial charge in [0.05, 0.1) is 6.20 Å². The molecular formula is C9H16N2O. The minimum absolute atomic E-state index is 0.985. The van der Waals surface area contributed by atoms with Crippen molar-refractivity contribution in [1.29, 1.82) is 0 Å². The first-order valence-corrected chi connectivity index (χ1v) is 4.47. The molecular weight excluding hydrogens is 152 g/mol. The van der Waals surface area contributed by atoms with Crippen molar-refractivity contribution in [2.45, 2.75) is 26.8 Å². The third-order valence-corrected chi connectivity index (χ3v) is 1.89. The average molecular weight is 168 g/mol. The smallest absolute Gasteiger partial charge is 0.142 e. The molecule has 3 nitrogen and oxygen atoms in total. The van der Waals surface area contributed by atoms with Gasteiger partial charge in [0.2, 0.25) is 0 Å². The van der Waals surface area contributed by atoms with Crippen molar-refractivity contribution in [3.63, 3.8) is 0 Å².